The third kappa shape index (κ3) is 6.81. The number of nitrogens with zero attached hydrogens (tertiary/aromatic N) is 2. The van der Waals surface area contributed by atoms with Crippen molar-refractivity contribution in [2.75, 3.05) is 24.2 Å². The fraction of sp³-hybridized carbons (Fsp3) is 0.350. The minimum absolute atomic E-state index is 0.0265. The van der Waals surface area contributed by atoms with Crippen LogP contribution in [0.15, 0.2) is 42.5 Å². The third-order valence-corrected chi connectivity index (χ3v) is 6.24. The summed E-state index contributed by atoms with van der Waals surface area (Å²) in [5, 5.41) is 24.7. The topological polar surface area (TPSA) is 149 Å². The summed E-state index contributed by atoms with van der Waals surface area (Å²) in [6.07, 6.45) is -1.43. The van der Waals surface area contributed by atoms with Gasteiger partial charge in [0.25, 0.3) is 5.91 Å². The van der Waals surface area contributed by atoms with E-state index in [-0.39, 0.29) is 29.5 Å². The number of sulfonamides is 1. The lowest BCUT2D eigenvalue weighted by Gasteiger charge is -2.34. The molecule has 2 amide bonds. The van der Waals surface area contributed by atoms with E-state index >= 15 is 0 Å². The van der Waals surface area contributed by atoms with Gasteiger partial charge >= 0.3 is 6.09 Å². The lowest BCUT2D eigenvalue weighted by molar-refractivity contribution is 0.0629. The number of carbonyl (C=O) groups excluding carboxylic acids is 1. The molecule has 0 fully saturated rings. The molecule has 0 saturated heterocycles. The summed E-state index contributed by atoms with van der Waals surface area (Å²) in [5.74, 6) is -0.693. The quantitative estimate of drug-likeness (QED) is 0.394. The highest BCUT2D eigenvalue weighted by Gasteiger charge is 2.35. The molecule has 0 spiro atoms. The molecule has 1 aromatic heterocycles. The maximum Gasteiger partial charge on any atom is 0.405 e. The van der Waals surface area contributed by atoms with Gasteiger partial charge in [-0.15, -0.1) is 0 Å². The first-order valence-electron chi connectivity index (χ1n) is 9.44. The van der Waals surface area contributed by atoms with E-state index in [1.165, 1.54) is 26.1 Å². The average Bonchev–Trinajstić information content (AvgIpc) is 2.70. The first-order chi connectivity index (χ1) is 14.8. The van der Waals surface area contributed by atoms with Gasteiger partial charge in [-0.3, -0.25) is 9.10 Å². The van der Waals surface area contributed by atoms with E-state index in [1.54, 1.807) is 24.3 Å². The van der Waals surface area contributed by atoms with Crippen molar-refractivity contribution in [2.24, 2.45) is 0 Å². The highest BCUT2D eigenvalue weighted by Crippen LogP contribution is 2.20. The summed E-state index contributed by atoms with van der Waals surface area (Å²) in [5.41, 5.74) is -0.472. The Balaban J connectivity index is 2.17. The summed E-state index contributed by atoms with van der Waals surface area (Å²) < 4.78 is 24.4. The van der Waals surface area contributed by atoms with Crippen LogP contribution in [-0.2, 0) is 16.4 Å². The van der Waals surface area contributed by atoms with Gasteiger partial charge in [0.1, 0.15) is 11.0 Å². The minimum atomic E-state index is -3.62. The van der Waals surface area contributed by atoms with E-state index in [2.05, 4.69) is 15.6 Å². The van der Waals surface area contributed by atoms with Crippen LogP contribution in [-0.4, -0.2) is 67.1 Å². The second kappa shape index (κ2) is 10.2. The molecule has 4 N–H and O–H groups in total. The lowest BCUT2D eigenvalue weighted by Crippen LogP contribution is -2.58. The van der Waals surface area contributed by atoms with Gasteiger partial charge in [-0.2, -0.15) is 0 Å². The van der Waals surface area contributed by atoms with Crippen LogP contribution in [0.2, 0.25) is 5.15 Å². The van der Waals surface area contributed by atoms with Gasteiger partial charge in [0.2, 0.25) is 10.0 Å². The van der Waals surface area contributed by atoms with Crippen LogP contribution in [0.3, 0.4) is 0 Å². The van der Waals surface area contributed by atoms with Crippen LogP contribution in [0.25, 0.3) is 0 Å². The number of benzene rings is 1. The fourth-order valence-corrected chi connectivity index (χ4v) is 3.61. The third-order valence-electron chi connectivity index (χ3n) is 4.86. The number of nitrogens with one attached hydrogen (secondary N) is 2. The van der Waals surface area contributed by atoms with Crippen molar-refractivity contribution >= 4 is 39.4 Å². The first-order valence-corrected chi connectivity index (χ1v) is 11.7. The van der Waals surface area contributed by atoms with E-state index in [9.17, 15) is 28.2 Å². The predicted octanol–water partition coefficient (Wildman–Crippen LogP) is 1.49. The summed E-state index contributed by atoms with van der Waals surface area (Å²) in [6, 6.07) is 11.5. The maximum absolute atomic E-state index is 12.6. The molecular formula is C20H25ClN4O6S. The van der Waals surface area contributed by atoms with Crippen LogP contribution in [0, 0.1) is 0 Å². The predicted molar refractivity (Wildman–Crippen MR) is 121 cm³/mol. The Bertz CT molecular complexity index is 1080. The van der Waals surface area contributed by atoms with Gasteiger partial charge in [0.15, 0.2) is 0 Å². The smallest absolute Gasteiger partial charge is 0.405 e. The van der Waals surface area contributed by atoms with Crippen molar-refractivity contribution < 1.29 is 28.2 Å². The summed E-state index contributed by atoms with van der Waals surface area (Å²) in [6.45, 7) is 1.26. The van der Waals surface area contributed by atoms with Crippen molar-refractivity contribution in [1.82, 2.24) is 15.6 Å². The van der Waals surface area contributed by atoms with E-state index in [1.807, 2.05) is 6.07 Å². The molecule has 0 aliphatic heterocycles. The number of anilines is 1. The standard InChI is InChI=1S/C20H25ClN4O6S/c1-20(24-19(28)29,11-13-7-5-4-6-8-13)15(26)12-22-18(27)14-9-16(21)23-17(10-14)25(2)32(3,30)31/h4-10,15,24,26H,11-12H2,1-3H3,(H,22,27)(H,28,29)/t15?,20-/m1/s1. The van der Waals surface area contributed by atoms with Crippen molar-refractivity contribution in [1.29, 1.82) is 0 Å². The SMILES string of the molecule is CN(c1cc(C(=O)NCC(O)[C@@](C)(Cc2ccccc2)NC(=O)O)cc(Cl)n1)S(C)(=O)=O. The van der Waals surface area contributed by atoms with E-state index in [0.717, 1.165) is 16.1 Å². The molecule has 1 unspecified atom stereocenters. The number of hydrogen-bond donors (Lipinski definition) is 4. The molecule has 12 heteroatoms. The Labute approximate surface area is 191 Å². The van der Waals surface area contributed by atoms with E-state index < -0.39 is 33.7 Å². The number of pyridine rings is 1. The summed E-state index contributed by atoms with van der Waals surface area (Å²) >= 11 is 5.93. The van der Waals surface area contributed by atoms with Gasteiger partial charge in [-0.25, -0.2) is 18.2 Å². The van der Waals surface area contributed by atoms with E-state index in [0.29, 0.717) is 0 Å². The largest absolute Gasteiger partial charge is 0.465 e. The second-order valence-electron chi connectivity index (χ2n) is 7.50. The Morgan fingerprint density at radius 2 is 1.88 bits per heavy atom. The molecule has 0 saturated carbocycles. The molecule has 2 rings (SSSR count). The zero-order valence-corrected chi connectivity index (χ0v) is 19.3. The van der Waals surface area contributed by atoms with Crippen LogP contribution >= 0.6 is 11.6 Å². The Morgan fingerprint density at radius 1 is 1.25 bits per heavy atom. The molecule has 0 aliphatic rings. The van der Waals surface area contributed by atoms with Gasteiger partial charge < -0.3 is 20.8 Å². The molecule has 0 radical (unpaired) electrons. The van der Waals surface area contributed by atoms with Crippen molar-refractivity contribution in [3.05, 3.63) is 58.7 Å². The van der Waals surface area contributed by atoms with Crippen molar-refractivity contribution in [3.8, 4) is 0 Å². The van der Waals surface area contributed by atoms with Crippen LogP contribution in [0.1, 0.15) is 22.8 Å². The molecule has 32 heavy (non-hydrogen) atoms. The monoisotopic (exact) mass is 484 g/mol. The molecular weight excluding hydrogens is 460 g/mol. The molecule has 0 bridgehead atoms. The van der Waals surface area contributed by atoms with E-state index in [4.69, 9.17) is 11.6 Å². The number of carboxylic acid groups (broad SMARTS) is 1. The minimum Gasteiger partial charge on any atom is -0.465 e. The number of hydrogen-bond acceptors (Lipinski definition) is 6. The number of carbonyl (C=O) groups is 2. The zero-order chi connectivity index (χ0) is 24.1. The van der Waals surface area contributed by atoms with Gasteiger partial charge in [-0.1, -0.05) is 41.9 Å². The van der Waals surface area contributed by atoms with Crippen LogP contribution in [0.4, 0.5) is 10.6 Å². The number of halogens is 1. The van der Waals surface area contributed by atoms with Gasteiger partial charge in [0, 0.05) is 19.2 Å². The fourth-order valence-electron chi connectivity index (χ4n) is 2.97. The molecule has 0 aliphatic carbocycles. The summed E-state index contributed by atoms with van der Waals surface area (Å²) in [4.78, 5) is 27.8. The van der Waals surface area contributed by atoms with Gasteiger partial charge in [0.05, 0.1) is 17.9 Å². The number of aliphatic hydroxyl groups excluding tert-OH is 1. The zero-order valence-electron chi connectivity index (χ0n) is 17.7. The van der Waals surface area contributed by atoms with Gasteiger partial charge in [-0.05, 0) is 31.0 Å². The van der Waals surface area contributed by atoms with Crippen LogP contribution < -0.4 is 14.9 Å². The Hall–Kier alpha value is -2.89. The highest BCUT2D eigenvalue weighted by atomic mass is 35.5. The number of rotatable bonds is 9. The second-order valence-corrected chi connectivity index (χ2v) is 9.90. The molecule has 1 aromatic carbocycles. The number of aromatic nitrogens is 1. The summed E-state index contributed by atoms with van der Waals surface area (Å²) in [7, 11) is -2.36. The average molecular weight is 485 g/mol. The molecule has 2 atom stereocenters. The first kappa shape index (κ1) is 25.4. The molecule has 10 nitrogen and oxygen atoms in total. The molecule has 174 valence electrons. The maximum atomic E-state index is 12.6. The number of aliphatic hydroxyl groups is 1. The number of amides is 2. The van der Waals surface area contributed by atoms with Crippen molar-refractivity contribution in [3.63, 3.8) is 0 Å². The normalized spacial score (nSPS) is 14.2. The Kier molecular flexibility index (Phi) is 8.05. The highest BCUT2D eigenvalue weighted by molar-refractivity contribution is 7.92. The van der Waals surface area contributed by atoms with Crippen molar-refractivity contribution in [2.45, 2.75) is 25.0 Å². The van der Waals surface area contributed by atoms with Crippen LogP contribution in [0.5, 0.6) is 0 Å². The Morgan fingerprint density at radius 3 is 2.44 bits per heavy atom. The lowest BCUT2D eigenvalue weighted by atomic mass is 9.87. The molecule has 1 heterocycles. The molecule has 2 aromatic rings.